The van der Waals surface area contributed by atoms with E-state index < -0.39 is 6.10 Å². The lowest BCUT2D eigenvalue weighted by atomic mass is 9.98. The third kappa shape index (κ3) is 2.55. The lowest BCUT2D eigenvalue weighted by Crippen LogP contribution is -2.48. The van der Waals surface area contributed by atoms with Gasteiger partial charge in [0.15, 0.2) is 0 Å². The largest absolute Gasteiger partial charge is 0.491 e. The van der Waals surface area contributed by atoms with Crippen LogP contribution in [-0.2, 0) is 0 Å². The van der Waals surface area contributed by atoms with Crippen molar-refractivity contribution in [1.82, 2.24) is 9.80 Å². The van der Waals surface area contributed by atoms with Gasteiger partial charge in [0, 0.05) is 18.2 Å². The summed E-state index contributed by atoms with van der Waals surface area (Å²) in [6.07, 6.45) is 2.07. The van der Waals surface area contributed by atoms with Gasteiger partial charge in [-0.2, -0.15) is 0 Å². The molecule has 3 rings (SSSR count). The van der Waals surface area contributed by atoms with Gasteiger partial charge in [-0.15, -0.1) is 0 Å². The number of rotatable bonds is 3. The number of likely N-dealkylation sites (N-methyl/N-ethyl adjacent to an activating group) is 2. The Balaban J connectivity index is 1.68. The number of benzene rings is 1. The molecule has 0 aromatic heterocycles. The second-order valence-electron chi connectivity index (χ2n) is 6.08. The van der Waals surface area contributed by atoms with Crippen LogP contribution in [0.5, 0.6) is 5.75 Å². The van der Waals surface area contributed by atoms with Crippen LogP contribution in [-0.4, -0.2) is 60.8 Å². The van der Waals surface area contributed by atoms with Gasteiger partial charge in [0.25, 0.3) is 0 Å². The third-order valence-electron chi connectivity index (χ3n) is 4.75. The van der Waals surface area contributed by atoms with Crippen molar-refractivity contribution in [2.45, 2.75) is 31.0 Å². The highest BCUT2D eigenvalue weighted by Crippen LogP contribution is 2.33. The minimum atomic E-state index is -0.461. The predicted octanol–water partition coefficient (Wildman–Crippen LogP) is 1.51. The van der Waals surface area contributed by atoms with Crippen molar-refractivity contribution in [3.8, 4) is 5.75 Å². The quantitative estimate of drug-likeness (QED) is 0.908. The predicted molar refractivity (Wildman–Crippen MR) is 79.0 cm³/mol. The Kier molecular flexibility index (Phi) is 3.96. The Morgan fingerprint density at radius 1 is 1.40 bits per heavy atom. The zero-order chi connectivity index (χ0) is 14.1. The summed E-state index contributed by atoms with van der Waals surface area (Å²) < 4.78 is 5.80. The fourth-order valence-corrected chi connectivity index (χ4v) is 3.38. The molecule has 0 radical (unpaired) electrons. The zero-order valence-corrected chi connectivity index (χ0v) is 12.3. The van der Waals surface area contributed by atoms with Crippen molar-refractivity contribution in [3.63, 3.8) is 0 Å². The topological polar surface area (TPSA) is 35.9 Å². The number of aliphatic hydroxyl groups is 1. The van der Waals surface area contributed by atoms with Crippen LogP contribution in [0.2, 0.25) is 0 Å². The number of aliphatic hydroxyl groups excluding tert-OH is 1. The smallest absolute Gasteiger partial charge is 0.125 e. The van der Waals surface area contributed by atoms with Gasteiger partial charge in [-0.25, -0.2) is 0 Å². The maximum atomic E-state index is 10.6. The Labute approximate surface area is 120 Å². The number of ether oxygens (including phenoxy) is 1. The van der Waals surface area contributed by atoms with E-state index in [0.717, 1.165) is 17.9 Å². The van der Waals surface area contributed by atoms with E-state index in [0.29, 0.717) is 12.6 Å². The molecule has 4 nitrogen and oxygen atoms in total. The minimum Gasteiger partial charge on any atom is -0.491 e. The first-order valence-electron chi connectivity index (χ1n) is 7.47. The van der Waals surface area contributed by atoms with Crippen molar-refractivity contribution >= 4 is 0 Å². The molecule has 1 saturated heterocycles. The Morgan fingerprint density at radius 3 is 2.95 bits per heavy atom. The Bertz CT molecular complexity index is 466. The summed E-state index contributed by atoms with van der Waals surface area (Å²) in [6.45, 7) is 2.74. The normalized spacial score (nSPS) is 30.3. The molecule has 1 fully saturated rings. The van der Waals surface area contributed by atoms with Gasteiger partial charge in [-0.3, -0.25) is 4.90 Å². The van der Waals surface area contributed by atoms with Crippen LogP contribution in [0, 0.1) is 0 Å². The highest BCUT2D eigenvalue weighted by atomic mass is 16.5. The molecule has 2 aliphatic heterocycles. The van der Waals surface area contributed by atoms with Gasteiger partial charge in [-0.05, 0) is 39.5 Å². The first-order valence-corrected chi connectivity index (χ1v) is 7.47. The number of hydrogen-bond donors (Lipinski definition) is 1. The summed E-state index contributed by atoms with van der Waals surface area (Å²) in [6, 6.07) is 8.44. The van der Waals surface area contributed by atoms with E-state index in [4.69, 9.17) is 4.74 Å². The Morgan fingerprint density at radius 2 is 2.20 bits per heavy atom. The third-order valence-corrected chi connectivity index (χ3v) is 4.75. The molecule has 4 heteroatoms. The second-order valence-corrected chi connectivity index (χ2v) is 6.08. The molecule has 1 aromatic carbocycles. The minimum absolute atomic E-state index is 0.0406. The summed E-state index contributed by atoms with van der Waals surface area (Å²) in [4.78, 5) is 4.67. The maximum Gasteiger partial charge on any atom is 0.125 e. The molecular formula is C16H24N2O2. The SMILES string of the molecule is CN1CCCC1CN(C)C1COc2ccccc2C1O. The van der Waals surface area contributed by atoms with Crippen LogP contribution in [0.4, 0.5) is 0 Å². The molecule has 2 heterocycles. The van der Waals surface area contributed by atoms with Crippen LogP contribution in [0.15, 0.2) is 24.3 Å². The highest BCUT2D eigenvalue weighted by molar-refractivity contribution is 5.37. The lowest BCUT2D eigenvalue weighted by Gasteiger charge is -2.38. The van der Waals surface area contributed by atoms with E-state index >= 15 is 0 Å². The van der Waals surface area contributed by atoms with Crippen LogP contribution < -0.4 is 4.74 Å². The highest BCUT2D eigenvalue weighted by Gasteiger charge is 2.33. The number of fused-ring (bicyclic) bond motifs is 1. The van der Waals surface area contributed by atoms with Gasteiger partial charge in [0.1, 0.15) is 18.5 Å². The van der Waals surface area contributed by atoms with Gasteiger partial charge in [0.2, 0.25) is 0 Å². The molecular weight excluding hydrogens is 252 g/mol. The molecule has 1 aromatic rings. The van der Waals surface area contributed by atoms with Gasteiger partial charge in [-0.1, -0.05) is 18.2 Å². The molecule has 3 atom stereocenters. The van der Waals surface area contributed by atoms with E-state index in [-0.39, 0.29) is 6.04 Å². The molecule has 0 aliphatic carbocycles. The van der Waals surface area contributed by atoms with E-state index in [1.807, 2.05) is 24.3 Å². The van der Waals surface area contributed by atoms with Gasteiger partial charge < -0.3 is 14.7 Å². The van der Waals surface area contributed by atoms with Crippen LogP contribution in [0.25, 0.3) is 0 Å². The summed E-state index contributed by atoms with van der Waals surface area (Å²) in [7, 11) is 4.28. The second kappa shape index (κ2) is 5.72. The van der Waals surface area contributed by atoms with Crippen LogP contribution in [0.1, 0.15) is 24.5 Å². The van der Waals surface area contributed by atoms with Crippen molar-refractivity contribution < 1.29 is 9.84 Å². The molecule has 3 unspecified atom stereocenters. The summed E-state index contributed by atoms with van der Waals surface area (Å²) in [5, 5.41) is 10.6. The fourth-order valence-electron chi connectivity index (χ4n) is 3.38. The van der Waals surface area contributed by atoms with E-state index in [2.05, 4.69) is 23.9 Å². The molecule has 110 valence electrons. The standard InChI is InChI=1S/C16H24N2O2/c1-17-9-5-6-12(17)10-18(2)14-11-20-15-8-4-3-7-13(15)16(14)19/h3-4,7-8,12,14,16,19H,5-6,9-11H2,1-2H3. The van der Waals surface area contributed by atoms with Crippen LogP contribution in [0.3, 0.4) is 0 Å². The van der Waals surface area contributed by atoms with Crippen molar-refractivity contribution in [1.29, 1.82) is 0 Å². The average molecular weight is 276 g/mol. The van der Waals surface area contributed by atoms with E-state index in [9.17, 15) is 5.11 Å². The number of hydrogen-bond acceptors (Lipinski definition) is 4. The maximum absolute atomic E-state index is 10.6. The van der Waals surface area contributed by atoms with E-state index in [1.165, 1.54) is 19.4 Å². The average Bonchev–Trinajstić information content (AvgIpc) is 2.85. The first kappa shape index (κ1) is 13.9. The van der Waals surface area contributed by atoms with Gasteiger partial charge in [0.05, 0.1) is 6.04 Å². The van der Waals surface area contributed by atoms with E-state index in [1.54, 1.807) is 0 Å². The summed E-state index contributed by atoms with van der Waals surface area (Å²) in [5.41, 5.74) is 0.912. The molecule has 0 spiro atoms. The number of nitrogens with zero attached hydrogens (tertiary/aromatic N) is 2. The van der Waals surface area contributed by atoms with Crippen LogP contribution >= 0.6 is 0 Å². The van der Waals surface area contributed by atoms with Gasteiger partial charge >= 0.3 is 0 Å². The van der Waals surface area contributed by atoms with Crippen molar-refractivity contribution in [2.24, 2.45) is 0 Å². The molecule has 0 bridgehead atoms. The molecule has 20 heavy (non-hydrogen) atoms. The molecule has 1 N–H and O–H groups in total. The monoisotopic (exact) mass is 276 g/mol. The number of para-hydroxylation sites is 1. The summed E-state index contributed by atoms with van der Waals surface area (Å²) in [5.74, 6) is 0.822. The summed E-state index contributed by atoms with van der Waals surface area (Å²) >= 11 is 0. The number of likely N-dealkylation sites (tertiary alicyclic amines) is 1. The Hall–Kier alpha value is -1.10. The molecule has 0 amide bonds. The first-order chi connectivity index (χ1) is 9.66. The van der Waals surface area contributed by atoms with Crippen molar-refractivity contribution in [3.05, 3.63) is 29.8 Å². The zero-order valence-electron chi connectivity index (χ0n) is 12.3. The lowest BCUT2D eigenvalue weighted by molar-refractivity contribution is 0.00769. The van der Waals surface area contributed by atoms with Crippen molar-refractivity contribution in [2.75, 3.05) is 33.8 Å². The molecule has 2 aliphatic rings. The fraction of sp³-hybridized carbons (Fsp3) is 0.625. The molecule has 0 saturated carbocycles.